The number of esters is 2. The molecule has 1 atom stereocenters. The van der Waals surface area contributed by atoms with Crippen molar-refractivity contribution in [3.8, 4) is 0 Å². The van der Waals surface area contributed by atoms with Gasteiger partial charge in [-0.05, 0) is 25.7 Å². The van der Waals surface area contributed by atoms with Gasteiger partial charge in [-0.25, -0.2) is 4.57 Å². The quantitative estimate of drug-likeness (QED) is 0.0317. The van der Waals surface area contributed by atoms with Crippen LogP contribution in [0.1, 0.15) is 174 Å². The van der Waals surface area contributed by atoms with Crippen LogP contribution in [0.15, 0.2) is 12.7 Å². The van der Waals surface area contributed by atoms with Crippen molar-refractivity contribution in [3.05, 3.63) is 12.7 Å². The van der Waals surface area contributed by atoms with Crippen LogP contribution in [0.5, 0.6) is 0 Å². The van der Waals surface area contributed by atoms with E-state index in [1.807, 2.05) is 6.08 Å². The van der Waals surface area contributed by atoms with Crippen LogP contribution in [-0.2, 0) is 28.2 Å². The Hall–Kier alpha value is -1.21. The molecule has 0 rings (SSSR count). The van der Waals surface area contributed by atoms with E-state index < -0.39 is 32.5 Å². The van der Waals surface area contributed by atoms with E-state index >= 15 is 0 Å². The molecular weight excluding hydrogens is 567 g/mol. The number of carbonyl (C=O) groups is 2. The molecule has 254 valence electrons. The van der Waals surface area contributed by atoms with Gasteiger partial charge < -0.3 is 19.3 Å². The van der Waals surface area contributed by atoms with E-state index in [-0.39, 0.29) is 19.4 Å². The van der Waals surface area contributed by atoms with Crippen molar-refractivity contribution in [2.75, 3.05) is 13.2 Å². The highest BCUT2D eigenvalue weighted by molar-refractivity contribution is 7.46. The zero-order valence-electron chi connectivity index (χ0n) is 27.5. The fourth-order valence-electron chi connectivity index (χ4n) is 5.06. The largest absolute Gasteiger partial charge is 0.469 e. The van der Waals surface area contributed by atoms with Gasteiger partial charge in [0.1, 0.15) is 6.61 Å². The maximum Gasteiger partial charge on any atom is 0.469 e. The predicted octanol–water partition coefficient (Wildman–Crippen LogP) is 9.90. The van der Waals surface area contributed by atoms with Crippen LogP contribution < -0.4 is 0 Å². The average Bonchev–Trinajstić information content (AvgIpc) is 2.97. The summed E-state index contributed by atoms with van der Waals surface area (Å²) < 4.78 is 26.2. The number of carbonyl (C=O) groups excluding carboxylic acids is 2. The molecule has 2 N–H and O–H groups in total. The molecule has 0 aromatic rings. The fraction of sp³-hybridized carbons (Fsp3) is 0.882. The lowest BCUT2D eigenvalue weighted by Crippen LogP contribution is -2.29. The summed E-state index contributed by atoms with van der Waals surface area (Å²) in [5, 5.41) is 0. The molecule has 0 aromatic carbocycles. The smallest absolute Gasteiger partial charge is 0.462 e. The molecule has 0 amide bonds. The molecule has 0 fully saturated rings. The Bertz CT molecular complexity index is 709. The summed E-state index contributed by atoms with van der Waals surface area (Å²) in [7, 11) is -4.74. The van der Waals surface area contributed by atoms with Crippen molar-refractivity contribution >= 4 is 19.8 Å². The van der Waals surface area contributed by atoms with Crippen molar-refractivity contribution in [1.82, 2.24) is 0 Å². The van der Waals surface area contributed by atoms with E-state index in [1.54, 1.807) is 0 Å². The molecule has 0 unspecified atom stereocenters. The van der Waals surface area contributed by atoms with Gasteiger partial charge in [0, 0.05) is 12.8 Å². The lowest BCUT2D eigenvalue weighted by atomic mass is 10.0. The molecule has 0 aliphatic heterocycles. The van der Waals surface area contributed by atoms with Crippen LogP contribution in [0, 0.1) is 0 Å². The third-order valence-electron chi connectivity index (χ3n) is 7.68. The van der Waals surface area contributed by atoms with Gasteiger partial charge in [-0.1, -0.05) is 141 Å². The van der Waals surface area contributed by atoms with Gasteiger partial charge in [0.25, 0.3) is 0 Å². The Balaban J connectivity index is 3.94. The highest BCUT2D eigenvalue weighted by Crippen LogP contribution is 2.36. The van der Waals surface area contributed by atoms with Gasteiger partial charge in [-0.3, -0.25) is 14.1 Å². The van der Waals surface area contributed by atoms with Gasteiger partial charge in [-0.2, -0.15) is 0 Å². The maximum atomic E-state index is 12.3. The summed E-state index contributed by atoms with van der Waals surface area (Å²) in [6.07, 6.45) is 29.7. The second kappa shape index (κ2) is 30.8. The Labute approximate surface area is 263 Å². The normalized spacial score (nSPS) is 12.3. The first-order chi connectivity index (χ1) is 20.8. The zero-order chi connectivity index (χ0) is 31.9. The van der Waals surface area contributed by atoms with Crippen molar-refractivity contribution in [2.45, 2.75) is 180 Å². The summed E-state index contributed by atoms with van der Waals surface area (Å²) >= 11 is 0. The molecule has 0 aliphatic carbocycles. The summed E-state index contributed by atoms with van der Waals surface area (Å²) in [5.74, 6) is -0.884. The summed E-state index contributed by atoms with van der Waals surface area (Å²) in [6.45, 7) is 5.17. The van der Waals surface area contributed by atoms with E-state index in [0.717, 1.165) is 44.9 Å². The molecule has 9 heteroatoms. The van der Waals surface area contributed by atoms with Crippen LogP contribution in [0.2, 0.25) is 0 Å². The van der Waals surface area contributed by atoms with E-state index in [9.17, 15) is 14.2 Å². The number of unbranched alkanes of at least 4 members (excludes halogenated alkanes) is 22. The second-order valence-electron chi connectivity index (χ2n) is 11.9. The molecule has 0 saturated carbocycles. The molecule has 0 aliphatic rings. The molecule has 0 aromatic heterocycles. The highest BCUT2D eigenvalue weighted by Gasteiger charge is 2.22. The van der Waals surface area contributed by atoms with E-state index in [4.69, 9.17) is 19.3 Å². The van der Waals surface area contributed by atoms with Crippen molar-refractivity contribution in [2.24, 2.45) is 0 Å². The van der Waals surface area contributed by atoms with Gasteiger partial charge in [0.05, 0.1) is 6.61 Å². The van der Waals surface area contributed by atoms with Crippen LogP contribution in [0.25, 0.3) is 0 Å². The van der Waals surface area contributed by atoms with E-state index in [1.165, 1.54) is 103 Å². The first-order valence-electron chi connectivity index (χ1n) is 17.4. The molecule has 0 spiro atoms. The second-order valence-corrected chi connectivity index (χ2v) is 13.2. The third kappa shape index (κ3) is 33.5. The molecule has 0 saturated heterocycles. The number of hydrogen-bond acceptors (Lipinski definition) is 6. The summed E-state index contributed by atoms with van der Waals surface area (Å²) in [6, 6.07) is 0. The van der Waals surface area contributed by atoms with Crippen molar-refractivity contribution < 1.29 is 37.9 Å². The lowest BCUT2D eigenvalue weighted by molar-refractivity contribution is -0.161. The minimum atomic E-state index is -4.74. The number of allylic oxidation sites excluding steroid dienone is 1. The van der Waals surface area contributed by atoms with Crippen molar-refractivity contribution in [3.63, 3.8) is 0 Å². The van der Waals surface area contributed by atoms with E-state index in [2.05, 4.69) is 18.0 Å². The number of rotatable bonds is 33. The lowest BCUT2D eigenvalue weighted by Gasteiger charge is -2.18. The zero-order valence-corrected chi connectivity index (χ0v) is 28.3. The third-order valence-corrected chi connectivity index (χ3v) is 8.17. The highest BCUT2D eigenvalue weighted by atomic mass is 31.2. The van der Waals surface area contributed by atoms with Crippen LogP contribution in [0.3, 0.4) is 0 Å². The number of ether oxygens (including phenoxy) is 2. The molecular formula is C34H65O8P. The van der Waals surface area contributed by atoms with Gasteiger partial charge in [-0.15, -0.1) is 6.58 Å². The Morgan fingerprint density at radius 2 is 1.02 bits per heavy atom. The SMILES string of the molecule is C=CCCCCCCCCCCCCCCCC(=O)O[C@H](COC(=O)CCCCCCCCCCCC)COP(=O)(O)O. The van der Waals surface area contributed by atoms with Gasteiger partial charge >= 0.3 is 19.8 Å². The molecule has 8 nitrogen and oxygen atoms in total. The Kier molecular flexibility index (Phi) is 29.9. The molecule has 43 heavy (non-hydrogen) atoms. The minimum absolute atomic E-state index is 0.214. The Morgan fingerprint density at radius 1 is 0.628 bits per heavy atom. The first kappa shape index (κ1) is 41.8. The monoisotopic (exact) mass is 632 g/mol. The topological polar surface area (TPSA) is 119 Å². The summed E-state index contributed by atoms with van der Waals surface area (Å²) in [5.41, 5.74) is 0. The van der Waals surface area contributed by atoms with Gasteiger partial charge in [0.2, 0.25) is 0 Å². The Morgan fingerprint density at radius 3 is 1.44 bits per heavy atom. The predicted molar refractivity (Wildman–Crippen MR) is 175 cm³/mol. The van der Waals surface area contributed by atoms with Crippen molar-refractivity contribution in [1.29, 1.82) is 0 Å². The molecule has 0 bridgehead atoms. The standard InChI is InChI=1S/C34H65O8P/c1-3-5-7-9-11-13-15-16-17-18-19-21-23-25-27-29-34(36)42-32(31-41-43(37,38)39)30-40-33(35)28-26-24-22-20-14-12-10-8-6-4-2/h3,32H,1,4-31H2,2H3,(H2,37,38,39)/t32-/m1/s1. The molecule has 0 radical (unpaired) electrons. The van der Waals surface area contributed by atoms with E-state index in [0.29, 0.717) is 6.42 Å². The number of phosphoric acid groups is 1. The summed E-state index contributed by atoms with van der Waals surface area (Å²) in [4.78, 5) is 42.5. The number of phosphoric ester groups is 1. The fourth-order valence-corrected chi connectivity index (χ4v) is 5.42. The first-order valence-corrected chi connectivity index (χ1v) is 19.0. The molecule has 0 heterocycles. The maximum absolute atomic E-state index is 12.3. The van der Waals surface area contributed by atoms with Gasteiger partial charge in [0.15, 0.2) is 6.10 Å². The van der Waals surface area contributed by atoms with Crippen LogP contribution in [-0.4, -0.2) is 41.0 Å². The van der Waals surface area contributed by atoms with Crippen LogP contribution >= 0.6 is 7.82 Å². The average molecular weight is 633 g/mol. The minimum Gasteiger partial charge on any atom is -0.462 e. The van der Waals surface area contributed by atoms with Crippen LogP contribution in [0.4, 0.5) is 0 Å². The number of hydrogen-bond donors (Lipinski definition) is 2.